The lowest BCUT2D eigenvalue weighted by Crippen LogP contribution is -2.40. The predicted molar refractivity (Wildman–Crippen MR) is 52.1 cm³/mol. The van der Waals surface area contributed by atoms with Gasteiger partial charge in [0.25, 0.3) is 0 Å². The van der Waals surface area contributed by atoms with Gasteiger partial charge < -0.3 is 5.32 Å². The second kappa shape index (κ2) is 3.15. The van der Waals surface area contributed by atoms with Crippen molar-refractivity contribution in [3.63, 3.8) is 0 Å². The van der Waals surface area contributed by atoms with Crippen molar-refractivity contribution in [2.24, 2.45) is 5.92 Å². The van der Waals surface area contributed by atoms with Crippen LogP contribution in [0.25, 0.3) is 0 Å². The van der Waals surface area contributed by atoms with Crippen molar-refractivity contribution < 1.29 is 13.2 Å². The average molecular weight is 231 g/mol. The van der Waals surface area contributed by atoms with E-state index in [9.17, 15) is 13.2 Å². The van der Waals surface area contributed by atoms with Gasteiger partial charge in [0.2, 0.25) is 0 Å². The number of hydrogen-bond acceptors (Lipinski definition) is 2. The van der Waals surface area contributed by atoms with Gasteiger partial charge in [0.15, 0.2) is 6.04 Å². The van der Waals surface area contributed by atoms with E-state index < -0.39 is 12.2 Å². The van der Waals surface area contributed by atoms with Gasteiger partial charge in [-0.25, -0.2) is 4.68 Å². The fourth-order valence-corrected chi connectivity index (χ4v) is 2.35. The van der Waals surface area contributed by atoms with Crippen molar-refractivity contribution in [1.29, 1.82) is 0 Å². The molecule has 6 heteroatoms. The first-order chi connectivity index (χ1) is 7.55. The van der Waals surface area contributed by atoms with E-state index in [1.807, 2.05) is 0 Å². The summed E-state index contributed by atoms with van der Waals surface area (Å²) in [6.07, 6.45) is -0.623. The van der Waals surface area contributed by atoms with Crippen LogP contribution in [0.5, 0.6) is 0 Å². The minimum absolute atomic E-state index is 0.0455. The topological polar surface area (TPSA) is 29.9 Å². The predicted octanol–water partition coefficient (Wildman–Crippen LogP) is 2.58. The highest BCUT2D eigenvalue weighted by molar-refractivity contribution is 5.39. The van der Waals surface area contributed by atoms with Gasteiger partial charge in [-0.1, -0.05) is 0 Å². The Kier molecular flexibility index (Phi) is 1.96. The summed E-state index contributed by atoms with van der Waals surface area (Å²) < 4.78 is 39.7. The SMILES string of the molecule is FC(F)(F)C1CC(C2CC2)Nc2ccnn21. The molecular weight excluding hydrogens is 219 g/mol. The number of aromatic nitrogens is 2. The molecule has 1 aromatic rings. The number of fused-ring (bicyclic) bond motifs is 1. The molecule has 16 heavy (non-hydrogen) atoms. The van der Waals surface area contributed by atoms with Crippen LogP contribution in [0.1, 0.15) is 25.3 Å². The van der Waals surface area contributed by atoms with Crippen LogP contribution >= 0.6 is 0 Å². The van der Waals surface area contributed by atoms with Crippen LogP contribution in [0.2, 0.25) is 0 Å². The van der Waals surface area contributed by atoms with Gasteiger partial charge >= 0.3 is 6.18 Å². The van der Waals surface area contributed by atoms with Crippen LogP contribution in [-0.4, -0.2) is 22.0 Å². The van der Waals surface area contributed by atoms with Gasteiger partial charge in [0.05, 0.1) is 6.20 Å². The van der Waals surface area contributed by atoms with Gasteiger partial charge in [-0.15, -0.1) is 0 Å². The molecule has 1 fully saturated rings. The third kappa shape index (κ3) is 1.56. The first-order valence-corrected chi connectivity index (χ1v) is 5.42. The van der Waals surface area contributed by atoms with Crippen molar-refractivity contribution >= 4 is 5.82 Å². The summed E-state index contributed by atoms with van der Waals surface area (Å²) in [7, 11) is 0. The summed E-state index contributed by atoms with van der Waals surface area (Å²) in [4.78, 5) is 0. The van der Waals surface area contributed by atoms with E-state index in [1.165, 1.54) is 6.20 Å². The molecule has 88 valence electrons. The molecule has 0 spiro atoms. The standard InChI is InChI=1S/C10H12F3N3/c11-10(12,13)8-5-7(6-1-2-6)15-9-3-4-14-16(8)9/h3-4,6-8,15H,1-2,5H2. The second-order valence-corrected chi connectivity index (χ2v) is 4.54. The fourth-order valence-electron chi connectivity index (χ4n) is 2.35. The summed E-state index contributed by atoms with van der Waals surface area (Å²) >= 11 is 0. The van der Waals surface area contributed by atoms with Crippen molar-refractivity contribution in [2.75, 3.05) is 5.32 Å². The van der Waals surface area contributed by atoms with Crippen LogP contribution in [0.3, 0.4) is 0 Å². The maximum absolute atomic E-state index is 12.9. The first kappa shape index (κ1) is 9.99. The van der Waals surface area contributed by atoms with Gasteiger partial charge in [-0.3, -0.25) is 0 Å². The average Bonchev–Trinajstić information content (AvgIpc) is 2.94. The van der Waals surface area contributed by atoms with E-state index in [0.29, 0.717) is 11.7 Å². The Hall–Kier alpha value is -1.20. The Labute approximate surface area is 90.6 Å². The Morgan fingerprint density at radius 1 is 1.38 bits per heavy atom. The van der Waals surface area contributed by atoms with Gasteiger partial charge in [0.1, 0.15) is 5.82 Å². The number of anilines is 1. The van der Waals surface area contributed by atoms with Crippen molar-refractivity contribution in [1.82, 2.24) is 9.78 Å². The molecule has 2 atom stereocenters. The summed E-state index contributed by atoms with van der Waals surface area (Å²) in [5, 5.41) is 6.89. The third-order valence-electron chi connectivity index (χ3n) is 3.34. The summed E-state index contributed by atoms with van der Waals surface area (Å²) in [6, 6.07) is 0.0907. The smallest absolute Gasteiger partial charge is 0.367 e. The van der Waals surface area contributed by atoms with E-state index >= 15 is 0 Å². The molecule has 0 aromatic carbocycles. The molecule has 1 aromatic heterocycles. The molecule has 1 aliphatic carbocycles. The zero-order valence-corrected chi connectivity index (χ0v) is 8.54. The number of alkyl halides is 3. The zero-order valence-electron chi connectivity index (χ0n) is 8.54. The minimum atomic E-state index is -4.21. The number of rotatable bonds is 1. The molecule has 0 amide bonds. The van der Waals surface area contributed by atoms with Crippen molar-refractivity contribution in [2.45, 2.75) is 37.5 Å². The van der Waals surface area contributed by atoms with Crippen LogP contribution in [0, 0.1) is 5.92 Å². The lowest BCUT2D eigenvalue weighted by molar-refractivity contribution is -0.174. The molecule has 1 N–H and O–H groups in total. The molecular formula is C10H12F3N3. The Morgan fingerprint density at radius 3 is 2.75 bits per heavy atom. The first-order valence-electron chi connectivity index (χ1n) is 5.42. The van der Waals surface area contributed by atoms with Crippen LogP contribution in [0.15, 0.2) is 12.3 Å². The molecule has 1 saturated carbocycles. The highest BCUT2D eigenvalue weighted by atomic mass is 19.4. The molecule has 2 aliphatic rings. The van der Waals surface area contributed by atoms with Crippen molar-refractivity contribution in [3.05, 3.63) is 12.3 Å². The van der Waals surface area contributed by atoms with E-state index in [2.05, 4.69) is 10.4 Å². The molecule has 0 radical (unpaired) electrons. The lowest BCUT2D eigenvalue weighted by Gasteiger charge is -2.33. The normalized spacial score (nSPS) is 29.7. The molecule has 2 unspecified atom stereocenters. The summed E-state index contributed by atoms with van der Waals surface area (Å²) in [5.41, 5.74) is 0. The number of nitrogens with one attached hydrogen (secondary N) is 1. The Morgan fingerprint density at radius 2 is 2.12 bits per heavy atom. The number of hydrogen-bond donors (Lipinski definition) is 1. The maximum Gasteiger partial charge on any atom is 0.410 e. The largest absolute Gasteiger partial charge is 0.410 e. The monoisotopic (exact) mass is 231 g/mol. The van der Waals surface area contributed by atoms with Gasteiger partial charge in [0, 0.05) is 12.1 Å². The molecule has 0 saturated heterocycles. The Balaban J connectivity index is 1.93. The summed E-state index contributed by atoms with van der Waals surface area (Å²) in [6.45, 7) is 0. The molecule has 1 aliphatic heterocycles. The highest BCUT2D eigenvalue weighted by Crippen LogP contribution is 2.45. The van der Waals surface area contributed by atoms with E-state index in [4.69, 9.17) is 0 Å². The quantitative estimate of drug-likeness (QED) is 0.805. The van der Waals surface area contributed by atoms with E-state index in [-0.39, 0.29) is 12.5 Å². The number of nitrogens with zero attached hydrogens (tertiary/aromatic N) is 2. The third-order valence-corrected chi connectivity index (χ3v) is 3.34. The van der Waals surface area contributed by atoms with Crippen molar-refractivity contribution in [3.8, 4) is 0 Å². The highest BCUT2D eigenvalue weighted by Gasteiger charge is 2.48. The van der Waals surface area contributed by atoms with Gasteiger partial charge in [-0.05, 0) is 25.2 Å². The van der Waals surface area contributed by atoms with E-state index in [0.717, 1.165) is 17.5 Å². The molecule has 3 rings (SSSR count). The maximum atomic E-state index is 12.9. The molecule has 2 heterocycles. The summed E-state index contributed by atoms with van der Waals surface area (Å²) in [5.74, 6) is 0.902. The van der Waals surface area contributed by atoms with E-state index in [1.54, 1.807) is 6.07 Å². The Bertz CT molecular complexity index is 394. The van der Waals surface area contributed by atoms with Gasteiger partial charge in [-0.2, -0.15) is 18.3 Å². The van der Waals surface area contributed by atoms with Crippen LogP contribution < -0.4 is 5.32 Å². The zero-order chi connectivity index (χ0) is 11.3. The minimum Gasteiger partial charge on any atom is -0.367 e. The molecule has 3 nitrogen and oxygen atoms in total. The number of halogens is 3. The van der Waals surface area contributed by atoms with Crippen LogP contribution in [-0.2, 0) is 0 Å². The molecule has 0 bridgehead atoms. The fraction of sp³-hybridized carbons (Fsp3) is 0.700. The van der Waals surface area contributed by atoms with Crippen LogP contribution in [0.4, 0.5) is 19.0 Å². The lowest BCUT2D eigenvalue weighted by atomic mass is 10.0. The second-order valence-electron chi connectivity index (χ2n) is 4.54.